The van der Waals surface area contributed by atoms with Crippen molar-refractivity contribution in [3.05, 3.63) is 51.8 Å². The Morgan fingerprint density at radius 2 is 2.21 bits per heavy atom. The number of carbonyl (C=O) groups excluding carboxylic acids is 1. The molecule has 0 aliphatic rings. The maximum absolute atomic E-state index is 12.1. The lowest BCUT2D eigenvalue weighted by Crippen LogP contribution is -2.26. The maximum atomic E-state index is 12.1. The van der Waals surface area contributed by atoms with E-state index in [1.807, 2.05) is 42.9 Å². The number of carbonyl (C=O) groups is 1. The number of amides is 1. The number of rotatable bonds is 4. The first-order valence-corrected chi connectivity index (χ1v) is 6.88. The second-order valence-electron chi connectivity index (χ2n) is 4.41. The third-order valence-electron chi connectivity index (χ3n) is 3.03. The Labute approximate surface area is 120 Å². The van der Waals surface area contributed by atoms with Gasteiger partial charge in [-0.25, -0.2) is 0 Å². The molecule has 19 heavy (non-hydrogen) atoms. The number of hydrogen-bond acceptors (Lipinski definition) is 2. The molecule has 0 aliphatic carbocycles. The van der Waals surface area contributed by atoms with E-state index in [4.69, 9.17) is 0 Å². The Hall–Kier alpha value is -1.62. The summed E-state index contributed by atoms with van der Waals surface area (Å²) in [6, 6.07) is 7.66. The monoisotopic (exact) mass is 321 g/mol. The van der Waals surface area contributed by atoms with Crippen molar-refractivity contribution >= 4 is 21.8 Å². The van der Waals surface area contributed by atoms with E-state index in [0.29, 0.717) is 12.1 Å². The Kier molecular flexibility index (Phi) is 4.37. The van der Waals surface area contributed by atoms with Crippen molar-refractivity contribution in [2.45, 2.75) is 13.3 Å². The summed E-state index contributed by atoms with van der Waals surface area (Å²) in [6.07, 6.45) is 2.53. The number of aromatic nitrogens is 2. The average molecular weight is 322 g/mol. The summed E-state index contributed by atoms with van der Waals surface area (Å²) in [5.41, 5.74) is 2.78. The van der Waals surface area contributed by atoms with Crippen LogP contribution in [0, 0.1) is 6.92 Å². The second-order valence-corrected chi connectivity index (χ2v) is 5.33. The molecule has 2 aromatic rings. The quantitative estimate of drug-likeness (QED) is 0.940. The molecule has 0 saturated carbocycles. The highest BCUT2D eigenvalue weighted by molar-refractivity contribution is 9.10. The first-order valence-electron chi connectivity index (χ1n) is 6.09. The summed E-state index contributed by atoms with van der Waals surface area (Å²) in [6.45, 7) is 2.53. The van der Waals surface area contributed by atoms with E-state index in [1.54, 1.807) is 6.20 Å². The first-order chi connectivity index (χ1) is 9.08. The number of hydrogen-bond donors (Lipinski definition) is 1. The molecule has 2 rings (SSSR count). The molecule has 0 fully saturated rings. The minimum atomic E-state index is -0.0408. The zero-order valence-corrected chi connectivity index (χ0v) is 12.6. The molecule has 0 bridgehead atoms. The smallest absolute Gasteiger partial charge is 0.251 e. The minimum absolute atomic E-state index is 0.0408. The molecule has 1 aromatic carbocycles. The minimum Gasteiger partial charge on any atom is -0.352 e. The fourth-order valence-electron chi connectivity index (χ4n) is 1.88. The van der Waals surface area contributed by atoms with Crippen LogP contribution in [-0.2, 0) is 13.5 Å². The van der Waals surface area contributed by atoms with Crippen LogP contribution in [0.1, 0.15) is 21.6 Å². The Morgan fingerprint density at radius 1 is 1.42 bits per heavy atom. The van der Waals surface area contributed by atoms with Gasteiger partial charge in [-0.1, -0.05) is 22.0 Å². The molecule has 0 unspecified atom stereocenters. The molecular formula is C14H16BrN3O. The van der Waals surface area contributed by atoms with E-state index in [-0.39, 0.29) is 5.91 Å². The van der Waals surface area contributed by atoms with Crippen molar-refractivity contribution < 1.29 is 4.79 Å². The predicted molar refractivity (Wildman–Crippen MR) is 78.1 cm³/mol. The van der Waals surface area contributed by atoms with Gasteiger partial charge in [-0.2, -0.15) is 5.10 Å². The molecule has 1 heterocycles. The van der Waals surface area contributed by atoms with Crippen LogP contribution in [0.3, 0.4) is 0 Å². The number of nitrogens with zero attached hydrogens (tertiary/aromatic N) is 2. The fraction of sp³-hybridized carbons (Fsp3) is 0.286. The van der Waals surface area contributed by atoms with Crippen molar-refractivity contribution in [3.8, 4) is 0 Å². The van der Waals surface area contributed by atoms with Crippen LogP contribution in [0.2, 0.25) is 0 Å². The van der Waals surface area contributed by atoms with Crippen LogP contribution in [0.15, 0.2) is 34.9 Å². The average Bonchev–Trinajstić information content (AvgIpc) is 2.78. The highest BCUT2D eigenvalue weighted by Crippen LogP contribution is 2.15. The summed E-state index contributed by atoms with van der Waals surface area (Å²) < 4.78 is 2.73. The van der Waals surface area contributed by atoms with Crippen molar-refractivity contribution in [2.24, 2.45) is 7.05 Å². The Morgan fingerprint density at radius 3 is 2.89 bits per heavy atom. The number of halogens is 1. The van der Waals surface area contributed by atoms with Gasteiger partial charge in [-0.3, -0.25) is 9.48 Å². The van der Waals surface area contributed by atoms with Gasteiger partial charge in [-0.05, 0) is 30.7 Å². The van der Waals surface area contributed by atoms with E-state index >= 15 is 0 Å². The molecule has 4 nitrogen and oxygen atoms in total. The zero-order valence-electron chi connectivity index (χ0n) is 11.0. The Bertz CT molecular complexity index is 592. The molecule has 0 saturated heterocycles. The second kappa shape index (κ2) is 6.02. The lowest BCUT2D eigenvalue weighted by atomic mass is 10.1. The molecule has 1 aromatic heterocycles. The maximum Gasteiger partial charge on any atom is 0.251 e. The first kappa shape index (κ1) is 13.8. The third-order valence-corrected chi connectivity index (χ3v) is 3.53. The molecule has 0 atom stereocenters. The van der Waals surface area contributed by atoms with E-state index < -0.39 is 0 Å². The van der Waals surface area contributed by atoms with Gasteiger partial charge in [0.05, 0.1) is 0 Å². The van der Waals surface area contributed by atoms with Gasteiger partial charge in [0, 0.05) is 41.9 Å². The molecule has 100 valence electrons. The molecule has 1 amide bonds. The van der Waals surface area contributed by atoms with Crippen LogP contribution in [0.4, 0.5) is 0 Å². The number of benzene rings is 1. The molecule has 0 spiro atoms. The normalized spacial score (nSPS) is 10.5. The van der Waals surface area contributed by atoms with Crippen molar-refractivity contribution in [1.82, 2.24) is 15.1 Å². The highest BCUT2D eigenvalue weighted by Gasteiger charge is 2.09. The summed E-state index contributed by atoms with van der Waals surface area (Å²) in [4.78, 5) is 12.1. The third kappa shape index (κ3) is 3.44. The van der Waals surface area contributed by atoms with E-state index in [2.05, 4.69) is 26.3 Å². The molecule has 0 radical (unpaired) electrons. The summed E-state index contributed by atoms with van der Waals surface area (Å²) >= 11 is 3.38. The van der Waals surface area contributed by atoms with Crippen LogP contribution in [0.5, 0.6) is 0 Å². The number of aryl methyl sites for hydroxylation is 2. The predicted octanol–water partition coefficient (Wildman–Crippen LogP) is 2.46. The topological polar surface area (TPSA) is 46.9 Å². The van der Waals surface area contributed by atoms with Gasteiger partial charge in [0.25, 0.3) is 5.91 Å². The summed E-state index contributed by atoms with van der Waals surface area (Å²) in [7, 11) is 1.90. The van der Waals surface area contributed by atoms with E-state index in [0.717, 1.165) is 22.2 Å². The molecular weight excluding hydrogens is 306 g/mol. The molecule has 5 heteroatoms. The van der Waals surface area contributed by atoms with Gasteiger partial charge >= 0.3 is 0 Å². The lowest BCUT2D eigenvalue weighted by Gasteiger charge is -2.08. The van der Waals surface area contributed by atoms with E-state index in [9.17, 15) is 4.79 Å². The Balaban J connectivity index is 1.94. The highest BCUT2D eigenvalue weighted by atomic mass is 79.9. The lowest BCUT2D eigenvalue weighted by molar-refractivity contribution is 0.0953. The zero-order chi connectivity index (χ0) is 13.8. The summed E-state index contributed by atoms with van der Waals surface area (Å²) in [5, 5.41) is 7.03. The van der Waals surface area contributed by atoms with Gasteiger partial charge < -0.3 is 5.32 Å². The van der Waals surface area contributed by atoms with Crippen LogP contribution in [0.25, 0.3) is 0 Å². The van der Waals surface area contributed by atoms with Crippen LogP contribution in [-0.4, -0.2) is 22.2 Å². The van der Waals surface area contributed by atoms with Gasteiger partial charge in [-0.15, -0.1) is 0 Å². The van der Waals surface area contributed by atoms with Gasteiger partial charge in [0.1, 0.15) is 0 Å². The largest absolute Gasteiger partial charge is 0.352 e. The van der Waals surface area contributed by atoms with Crippen LogP contribution >= 0.6 is 15.9 Å². The molecule has 1 N–H and O–H groups in total. The van der Waals surface area contributed by atoms with Crippen molar-refractivity contribution in [3.63, 3.8) is 0 Å². The SMILES string of the molecule is Cc1ccc(Br)cc1C(=O)NCCc1ccnn1C. The van der Waals surface area contributed by atoms with E-state index in [1.165, 1.54) is 0 Å². The standard InChI is InChI=1S/C14H16BrN3O/c1-10-3-4-11(15)9-13(10)14(19)16-7-5-12-6-8-17-18(12)2/h3-4,6,8-9H,5,7H2,1-2H3,(H,16,19). The van der Waals surface area contributed by atoms with Gasteiger partial charge in [0.15, 0.2) is 0 Å². The fourth-order valence-corrected chi connectivity index (χ4v) is 2.25. The van der Waals surface area contributed by atoms with Crippen molar-refractivity contribution in [1.29, 1.82) is 0 Å². The van der Waals surface area contributed by atoms with Crippen LogP contribution < -0.4 is 5.32 Å². The number of nitrogens with one attached hydrogen (secondary N) is 1. The van der Waals surface area contributed by atoms with Gasteiger partial charge in [0.2, 0.25) is 0 Å². The molecule has 0 aliphatic heterocycles. The van der Waals surface area contributed by atoms with Crippen molar-refractivity contribution in [2.75, 3.05) is 6.54 Å². The summed E-state index contributed by atoms with van der Waals surface area (Å²) in [5.74, 6) is -0.0408.